The smallest absolute Gasteiger partial charge is 0.149 e. The summed E-state index contributed by atoms with van der Waals surface area (Å²) in [6.45, 7) is 2.52. The number of hydrogen-bond acceptors (Lipinski definition) is 2. The minimum Gasteiger partial charge on any atom is -0.495 e. The number of fused-ring (bicyclic) bond motifs is 1. The standard InChI is InChI=1S/C23H22O2/c1-3-8-18-14-15-22(24-2)20(17-18)11-7-16-25-23-13-6-10-19-9-4-5-12-21(19)23/h4-6,9-10,12-15,17H,3,8,16H2,1-2H3. The normalized spacial score (nSPS) is 10.2. The lowest BCUT2D eigenvalue weighted by Crippen LogP contribution is -1.95. The Labute approximate surface area is 149 Å². The largest absolute Gasteiger partial charge is 0.495 e. The average molecular weight is 330 g/mol. The fourth-order valence-electron chi connectivity index (χ4n) is 2.86. The van der Waals surface area contributed by atoms with Gasteiger partial charge >= 0.3 is 0 Å². The Hall–Kier alpha value is -2.92. The van der Waals surface area contributed by atoms with Crippen LogP contribution in [0, 0.1) is 11.8 Å². The third-order valence-corrected chi connectivity index (χ3v) is 4.08. The van der Waals surface area contributed by atoms with Crippen LogP contribution in [0.2, 0.25) is 0 Å². The predicted molar refractivity (Wildman–Crippen MR) is 103 cm³/mol. The third-order valence-electron chi connectivity index (χ3n) is 4.08. The second-order valence-corrected chi connectivity index (χ2v) is 5.85. The molecule has 0 amide bonds. The van der Waals surface area contributed by atoms with Crippen LogP contribution in [0.25, 0.3) is 10.8 Å². The molecule has 0 spiro atoms. The van der Waals surface area contributed by atoms with Crippen LogP contribution in [0.15, 0.2) is 60.7 Å². The lowest BCUT2D eigenvalue weighted by molar-refractivity contribution is 0.374. The van der Waals surface area contributed by atoms with E-state index in [0.29, 0.717) is 6.61 Å². The summed E-state index contributed by atoms with van der Waals surface area (Å²) in [6.07, 6.45) is 2.16. The molecule has 0 saturated carbocycles. The molecule has 0 radical (unpaired) electrons. The van der Waals surface area contributed by atoms with E-state index in [1.54, 1.807) is 7.11 Å². The van der Waals surface area contributed by atoms with Crippen LogP contribution in [0.1, 0.15) is 24.5 Å². The summed E-state index contributed by atoms with van der Waals surface area (Å²) in [5.41, 5.74) is 2.19. The summed E-state index contributed by atoms with van der Waals surface area (Å²) in [5.74, 6) is 7.95. The molecule has 0 aliphatic rings. The van der Waals surface area contributed by atoms with Gasteiger partial charge < -0.3 is 9.47 Å². The third kappa shape index (κ3) is 4.14. The fourth-order valence-corrected chi connectivity index (χ4v) is 2.86. The molecule has 3 aromatic carbocycles. The van der Waals surface area contributed by atoms with Crippen LogP contribution in [0.3, 0.4) is 0 Å². The number of hydrogen-bond donors (Lipinski definition) is 0. The van der Waals surface area contributed by atoms with Crippen molar-refractivity contribution in [2.24, 2.45) is 0 Å². The number of aryl methyl sites for hydroxylation is 1. The van der Waals surface area contributed by atoms with Gasteiger partial charge in [-0.25, -0.2) is 0 Å². The van der Waals surface area contributed by atoms with Crippen molar-refractivity contribution in [1.29, 1.82) is 0 Å². The highest BCUT2D eigenvalue weighted by Gasteiger charge is 2.02. The highest BCUT2D eigenvalue weighted by Crippen LogP contribution is 2.25. The highest BCUT2D eigenvalue weighted by molar-refractivity contribution is 5.88. The molecule has 0 aliphatic carbocycles. The van der Waals surface area contributed by atoms with Gasteiger partial charge in [0.05, 0.1) is 12.7 Å². The first-order valence-electron chi connectivity index (χ1n) is 8.58. The van der Waals surface area contributed by atoms with Crippen molar-refractivity contribution in [2.75, 3.05) is 13.7 Å². The molecule has 0 aromatic heterocycles. The molecule has 126 valence electrons. The molecule has 0 aliphatic heterocycles. The number of ether oxygens (including phenoxy) is 2. The van der Waals surface area contributed by atoms with Crippen molar-refractivity contribution in [3.63, 3.8) is 0 Å². The van der Waals surface area contributed by atoms with Gasteiger partial charge in [-0.3, -0.25) is 0 Å². The highest BCUT2D eigenvalue weighted by atomic mass is 16.5. The van der Waals surface area contributed by atoms with E-state index in [1.807, 2.05) is 30.3 Å². The van der Waals surface area contributed by atoms with Crippen LogP contribution >= 0.6 is 0 Å². The van der Waals surface area contributed by atoms with Crippen LogP contribution in [-0.4, -0.2) is 13.7 Å². The Balaban J connectivity index is 1.75. The molecule has 2 heteroatoms. The van der Waals surface area contributed by atoms with Gasteiger partial charge in [-0.05, 0) is 35.6 Å². The minimum absolute atomic E-state index is 0.342. The summed E-state index contributed by atoms with van der Waals surface area (Å²) in [5, 5.41) is 2.27. The summed E-state index contributed by atoms with van der Waals surface area (Å²) >= 11 is 0. The molecule has 2 nitrogen and oxygen atoms in total. The molecule has 0 atom stereocenters. The minimum atomic E-state index is 0.342. The molecule has 0 fully saturated rings. The van der Waals surface area contributed by atoms with Gasteiger partial charge in [-0.2, -0.15) is 0 Å². The lowest BCUT2D eigenvalue weighted by Gasteiger charge is -2.07. The van der Waals surface area contributed by atoms with Crippen molar-refractivity contribution in [3.05, 3.63) is 71.8 Å². The van der Waals surface area contributed by atoms with Crippen LogP contribution < -0.4 is 9.47 Å². The number of rotatable bonds is 5. The zero-order valence-corrected chi connectivity index (χ0v) is 14.7. The van der Waals surface area contributed by atoms with Gasteiger partial charge in [0, 0.05) is 5.39 Å². The first-order chi connectivity index (χ1) is 12.3. The van der Waals surface area contributed by atoms with Gasteiger partial charge in [0.25, 0.3) is 0 Å². The Morgan fingerprint density at radius 2 is 1.76 bits per heavy atom. The van der Waals surface area contributed by atoms with E-state index < -0.39 is 0 Å². The average Bonchev–Trinajstić information content (AvgIpc) is 2.66. The summed E-state index contributed by atoms with van der Waals surface area (Å²) in [6, 6.07) is 20.4. The maximum absolute atomic E-state index is 5.88. The van der Waals surface area contributed by atoms with Gasteiger partial charge in [0.1, 0.15) is 18.1 Å². The monoisotopic (exact) mass is 330 g/mol. The Kier molecular flexibility index (Phi) is 5.59. The molecule has 3 rings (SSSR count). The van der Waals surface area contributed by atoms with E-state index in [2.05, 4.69) is 49.1 Å². The molecule has 0 heterocycles. The van der Waals surface area contributed by atoms with Crippen LogP contribution in [-0.2, 0) is 6.42 Å². The molecule has 0 unspecified atom stereocenters. The summed E-state index contributed by atoms with van der Waals surface area (Å²) in [4.78, 5) is 0. The predicted octanol–water partition coefficient (Wildman–Crippen LogP) is 5.23. The maximum Gasteiger partial charge on any atom is 0.149 e. The van der Waals surface area contributed by atoms with Gasteiger partial charge in [-0.15, -0.1) is 0 Å². The Bertz CT molecular complexity index is 911. The first kappa shape index (κ1) is 16.9. The molecule has 0 N–H and O–H groups in total. The van der Waals surface area contributed by atoms with Crippen molar-refractivity contribution >= 4 is 10.8 Å². The molecule has 3 aromatic rings. The molecule has 0 bridgehead atoms. The second-order valence-electron chi connectivity index (χ2n) is 5.85. The second kappa shape index (κ2) is 8.26. The molecular formula is C23H22O2. The van der Waals surface area contributed by atoms with E-state index in [0.717, 1.165) is 35.3 Å². The van der Waals surface area contributed by atoms with E-state index in [4.69, 9.17) is 9.47 Å². The SMILES string of the molecule is CCCc1ccc(OC)c(C#CCOc2cccc3ccccc23)c1. The zero-order chi connectivity index (χ0) is 17.5. The fraction of sp³-hybridized carbons (Fsp3) is 0.217. The van der Waals surface area contributed by atoms with Crippen molar-refractivity contribution < 1.29 is 9.47 Å². The van der Waals surface area contributed by atoms with Gasteiger partial charge in [0.15, 0.2) is 0 Å². The van der Waals surface area contributed by atoms with E-state index in [-0.39, 0.29) is 0 Å². The number of benzene rings is 3. The molecule has 25 heavy (non-hydrogen) atoms. The molecular weight excluding hydrogens is 308 g/mol. The zero-order valence-electron chi connectivity index (χ0n) is 14.7. The first-order valence-corrected chi connectivity index (χ1v) is 8.58. The van der Waals surface area contributed by atoms with Crippen molar-refractivity contribution in [1.82, 2.24) is 0 Å². The molecule has 0 saturated heterocycles. The summed E-state index contributed by atoms with van der Waals surface area (Å²) in [7, 11) is 1.67. The van der Waals surface area contributed by atoms with Crippen molar-refractivity contribution in [3.8, 4) is 23.3 Å². The quantitative estimate of drug-likeness (QED) is 0.596. The number of methoxy groups -OCH3 is 1. The van der Waals surface area contributed by atoms with Gasteiger partial charge in [-0.1, -0.05) is 67.6 Å². The van der Waals surface area contributed by atoms with E-state index in [9.17, 15) is 0 Å². The van der Waals surface area contributed by atoms with E-state index >= 15 is 0 Å². The van der Waals surface area contributed by atoms with Crippen LogP contribution in [0.4, 0.5) is 0 Å². The van der Waals surface area contributed by atoms with Gasteiger partial charge in [0.2, 0.25) is 0 Å². The van der Waals surface area contributed by atoms with E-state index in [1.165, 1.54) is 10.9 Å². The Morgan fingerprint density at radius 1 is 0.920 bits per heavy atom. The van der Waals surface area contributed by atoms with Crippen molar-refractivity contribution in [2.45, 2.75) is 19.8 Å². The summed E-state index contributed by atoms with van der Waals surface area (Å²) < 4.78 is 11.3. The topological polar surface area (TPSA) is 18.5 Å². The Morgan fingerprint density at radius 3 is 2.60 bits per heavy atom. The van der Waals surface area contributed by atoms with Crippen LogP contribution in [0.5, 0.6) is 11.5 Å². The lowest BCUT2D eigenvalue weighted by atomic mass is 10.1. The maximum atomic E-state index is 5.88.